The van der Waals surface area contributed by atoms with Crippen LogP contribution in [0.3, 0.4) is 0 Å². The van der Waals surface area contributed by atoms with Gasteiger partial charge in [-0.3, -0.25) is 0 Å². The summed E-state index contributed by atoms with van der Waals surface area (Å²) in [6.45, 7) is 1.54. The lowest BCUT2D eigenvalue weighted by atomic mass is 9.92. The molecule has 0 unspecified atom stereocenters. The third kappa shape index (κ3) is 9.02. The van der Waals surface area contributed by atoms with Gasteiger partial charge in [0.25, 0.3) is 0 Å². The average Bonchev–Trinajstić information content (AvgIpc) is 3.01. The third-order valence-electron chi connectivity index (χ3n) is 6.57. The van der Waals surface area contributed by atoms with Gasteiger partial charge in [0, 0.05) is 32.5 Å². The number of hydrogen-bond donors (Lipinski definition) is 0. The first-order chi connectivity index (χ1) is 20.8. The Balaban J connectivity index is 1.82. The molecule has 0 bridgehead atoms. The molecule has 0 heterocycles. The van der Waals surface area contributed by atoms with Crippen molar-refractivity contribution in [1.82, 2.24) is 0 Å². The molecule has 0 aromatic heterocycles. The Bertz CT molecular complexity index is 1480. The lowest BCUT2D eigenvalue weighted by Gasteiger charge is -2.21. The number of benzene rings is 4. The van der Waals surface area contributed by atoms with Crippen LogP contribution >= 0.6 is 0 Å². The molecular weight excluding hydrogens is 572 g/mol. The van der Waals surface area contributed by atoms with Gasteiger partial charge < -0.3 is 33.0 Å². The van der Waals surface area contributed by atoms with E-state index in [2.05, 4.69) is 0 Å². The summed E-state index contributed by atoms with van der Waals surface area (Å²) in [6, 6.07) is 25.7. The van der Waals surface area contributed by atoms with Crippen LogP contribution in [0.2, 0.25) is 0 Å². The van der Waals surface area contributed by atoms with Crippen LogP contribution in [0.15, 0.2) is 89.8 Å². The fourth-order valence-corrected chi connectivity index (χ4v) is 5.47. The van der Waals surface area contributed by atoms with E-state index in [1.165, 1.54) is 0 Å². The molecule has 0 N–H and O–H groups in total. The smallest absolute Gasteiger partial charge is 0.146 e. The van der Waals surface area contributed by atoms with Crippen molar-refractivity contribution < 1.29 is 41.4 Å². The second-order valence-electron chi connectivity index (χ2n) is 9.71. The summed E-state index contributed by atoms with van der Waals surface area (Å²) in [7, 11) is -0.239. The van der Waals surface area contributed by atoms with Crippen LogP contribution in [0.1, 0.15) is 16.7 Å². The molecule has 0 fully saturated rings. The molecule has 9 nitrogen and oxygen atoms in total. The van der Waals surface area contributed by atoms with Crippen LogP contribution in [-0.2, 0) is 58.4 Å². The minimum absolute atomic E-state index is 0.153. The van der Waals surface area contributed by atoms with Gasteiger partial charge >= 0.3 is 0 Å². The van der Waals surface area contributed by atoms with Crippen LogP contribution in [0.4, 0.5) is 0 Å². The summed E-state index contributed by atoms with van der Waals surface area (Å²) in [5.41, 5.74) is 6.10. The van der Waals surface area contributed by atoms with E-state index < -0.39 is 10.1 Å². The molecule has 0 amide bonds. The quantitative estimate of drug-likeness (QED) is 0.0866. The van der Waals surface area contributed by atoms with Crippen molar-refractivity contribution in [3.8, 4) is 33.4 Å². The van der Waals surface area contributed by atoms with E-state index in [1.54, 1.807) is 57.7 Å². The Hall–Kier alpha value is -3.45. The monoisotopic (exact) mass is 607 g/mol. The van der Waals surface area contributed by atoms with Gasteiger partial charge in [-0.1, -0.05) is 72.8 Å². The highest BCUT2D eigenvalue weighted by molar-refractivity contribution is 7.86. The molecule has 4 rings (SSSR count). The van der Waals surface area contributed by atoms with Crippen molar-refractivity contribution in [3.05, 3.63) is 102 Å². The van der Waals surface area contributed by atoms with E-state index >= 15 is 0 Å². The number of methoxy groups -OCH3 is 3. The van der Waals surface area contributed by atoms with Crippen LogP contribution < -0.4 is 0 Å². The lowest BCUT2D eigenvalue weighted by Crippen LogP contribution is -2.05. The Morgan fingerprint density at radius 3 is 1.14 bits per heavy atom. The maximum atomic E-state index is 12.9. The van der Waals surface area contributed by atoms with Gasteiger partial charge in [0.15, 0.2) is 0 Å². The van der Waals surface area contributed by atoms with E-state index in [-0.39, 0.29) is 25.3 Å². The Morgan fingerprint density at radius 2 is 0.837 bits per heavy atom. The zero-order valence-corrected chi connectivity index (χ0v) is 25.2. The average molecular weight is 608 g/mol. The molecular formula is C33H35O9S-. The molecule has 0 aliphatic carbocycles. The summed E-state index contributed by atoms with van der Waals surface area (Å²) in [5, 5.41) is 0. The standard InChI is InChI=1S/C33H36O9S/c1-37-21-40-18-24-4-10-27(11-5-24)30-16-31(28-12-6-25(7-13-28)19-41-22-38-2)33(43(34,35)36)32(17-30)29-14-8-26(9-15-29)20-42-23-39-3/h4-17H,18-23H2,1-3H3,(H,34,35,36)/p-1. The molecule has 0 radical (unpaired) electrons. The predicted octanol–water partition coefficient (Wildman–Crippen LogP) is 5.95. The first-order valence-electron chi connectivity index (χ1n) is 13.5. The van der Waals surface area contributed by atoms with Crippen molar-refractivity contribution in [3.63, 3.8) is 0 Å². The molecule has 43 heavy (non-hydrogen) atoms. The van der Waals surface area contributed by atoms with Crippen LogP contribution in [0.5, 0.6) is 0 Å². The van der Waals surface area contributed by atoms with Crippen molar-refractivity contribution in [1.29, 1.82) is 0 Å². The maximum Gasteiger partial charge on any atom is 0.146 e. The number of ether oxygens (including phenoxy) is 6. The summed E-state index contributed by atoms with van der Waals surface area (Å²) in [5.74, 6) is 0. The highest BCUT2D eigenvalue weighted by Crippen LogP contribution is 2.40. The zero-order valence-electron chi connectivity index (χ0n) is 24.4. The fraction of sp³-hybridized carbons (Fsp3) is 0.273. The van der Waals surface area contributed by atoms with Crippen LogP contribution in [0, 0.1) is 0 Å². The summed E-state index contributed by atoms with van der Waals surface area (Å²) >= 11 is 0. The van der Waals surface area contributed by atoms with E-state index in [0.717, 1.165) is 27.8 Å². The first kappa shape index (κ1) is 32.5. The van der Waals surface area contributed by atoms with Crippen molar-refractivity contribution in [2.24, 2.45) is 0 Å². The number of hydrogen-bond acceptors (Lipinski definition) is 9. The molecule has 4 aromatic carbocycles. The van der Waals surface area contributed by atoms with Gasteiger partial charge in [-0.2, -0.15) is 0 Å². The minimum atomic E-state index is -4.90. The molecule has 10 heteroatoms. The predicted molar refractivity (Wildman–Crippen MR) is 161 cm³/mol. The fourth-order valence-electron chi connectivity index (χ4n) is 4.58. The van der Waals surface area contributed by atoms with Crippen molar-refractivity contribution >= 4 is 10.1 Å². The largest absolute Gasteiger partial charge is 0.744 e. The van der Waals surface area contributed by atoms with Crippen LogP contribution in [0.25, 0.3) is 33.4 Å². The van der Waals surface area contributed by atoms with Gasteiger partial charge in [-0.15, -0.1) is 0 Å². The molecule has 0 atom stereocenters. The van der Waals surface area contributed by atoms with Gasteiger partial charge in [0.1, 0.15) is 30.5 Å². The molecule has 4 aromatic rings. The molecule has 228 valence electrons. The zero-order chi connectivity index (χ0) is 30.7. The second-order valence-corrected chi connectivity index (χ2v) is 11.0. The third-order valence-corrected chi connectivity index (χ3v) is 7.51. The van der Waals surface area contributed by atoms with Gasteiger partial charge in [-0.05, 0) is 51.1 Å². The van der Waals surface area contributed by atoms with Gasteiger partial charge in [-0.25, -0.2) is 8.42 Å². The summed E-state index contributed by atoms with van der Waals surface area (Å²) in [4.78, 5) is -0.285. The Labute approximate surface area is 252 Å². The van der Waals surface area contributed by atoms with E-state index in [4.69, 9.17) is 28.4 Å². The van der Waals surface area contributed by atoms with E-state index in [1.807, 2.05) is 48.5 Å². The number of rotatable bonds is 16. The Kier molecular flexibility index (Phi) is 12.0. The van der Waals surface area contributed by atoms with Crippen molar-refractivity contribution in [2.75, 3.05) is 41.7 Å². The molecule has 0 aliphatic heterocycles. The lowest BCUT2D eigenvalue weighted by molar-refractivity contribution is -0.0391. The molecule has 0 saturated carbocycles. The minimum Gasteiger partial charge on any atom is -0.744 e. The van der Waals surface area contributed by atoms with Crippen molar-refractivity contribution in [2.45, 2.75) is 24.7 Å². The maximum absolute atomic E-state index is 12.9. The van der Waals surface area contributed by atoms with E-state index in [0.29, 0.717) is 42.1 Å². The second kappa shape index (κ2) is 15.9. The molecule has 0 saturated heterocycles. The molecule has 0 aliphatic rings. The first-order valence-corrected chi connectivity index (χ1v) is 14.9. The SMILES string of the molecule is COCOCc1ccc(-c2cc(-c3ccc(COCOC)cc3)c(S(=O)(=O)[O-])c(-c3ccc(COCOC)cc3)c2)cc1. The summed E-state index contributed by atoms with van der Waals surface area (Å²) in [6.07, 6.45) is 0. The molecule has 0 spiro atoms. The highest BCUT2D eigenvalue weighted by atomic mass is 32.2. The summed E-state index contributed by atoms with van der Waals surface area (Å²) < 4.78 is 69.7. The van der Waals surface area contributed by atoms with Gasteiger partial charge in [0.2, 0.25) is 0 Å². The van der Waals surface area contributed by atoms with Gasteiger partial charge in [0.05, 0.1) is 24.7 Å². The van der Waals surface area contributed by atoms with E-state index in [9.17, 15) is 13.0 Å². The topological polar surface area (TPSA) is 113 Å². The Morgan fingerprint density at radius 1 is 0.512 bits per heavy atom. The van der Waals surface area contributed by atoms with Crippen LogP contribution in [-0.4, -0.2) is 54.7 Å². The highest BCUT2D eigenvalue weighted by Gasteiger charge is 2.20. The normalized spacial score (nSPS) is 11.6.